The smallest absolute Gasteiger partial charge is 0.333 e. The Bertz CT molecular complexity index is 448. The number of hydrogen-bond acceptors (Lipinski definition) is 3. The number of esters is 1. The summed E-state index contributed by atoms with van der Waals surface area (Å²) in [6.07, 6.45) is 21.9. The lowest BCUT2D eigenvalue weighted by Gasteiger charge is -2.34. The molecule has 4 nitrogen and oxygen atoms in total. The van der Waals surface area contributed by atoms with Crippen LogP contribution in [0.5, 0.6) is 0 Å². The van der Waals surface area contributed by atoms with Crippen molar-refractivity contribution in [3.05, 3.63) is 12.2 Å². The van der Waals surface area contributed by atoms with Crippen molar-refractivity contribution >= 4 is 5.97 Å². The van der Waals surface area contributed by atoms with Crippen LogP contribution in [0.3, 0.4) is 0 Å². The predicted octanol–water partition coefficient (Wildman–Crippen LogP) is 7.15. The summed E-state index contributed by atoms with van der Waals surface area (Å²) in [6, 6.07) is 0. The maximum absolute atomic E-state index is 11.4. The Balaban J connectivity index is 3.48. The van der Waals surface area contributed by atoms with Gasteiger partial charge in [-0.2, -0.15) is 0 Å². The number of rotatable bonds is 22. The molecular formula is C27H54NO3+. The van der Waals surface area contributed by atoms with Gasteiger partial charge in [-0.05, 0) is 19.8 Å². The molecule has 184 valence electrons. The highest BCUT2D eigenvalue weighted by Crippen LogP contribution is 2.15. The van der Waals surface area contributed by atoms with Crippen LogP contribution in [0.2, 0.25) is 0 Å². The molecule has 0 spiro atoms. The summed E-state index contributed by atoms with van der Waals surface area (Å²) in [7, 11) is 4.10. The van der Waals surface area contributed by atoms with Gasteiger partial charge in [0.15, 0.2) is 6.23 Å². The molecule has 0 saturated carbocycles. The third-order valence-electron chi connectivity index (χ3n) is 6.35. The number of unbranched alkanes of at least 4 members (excludes halogenated alkanes) is 15. The first kappa shape index (κ1) is 30.1. The van der Waals surface area contributed by atoms with Crippen molar-refractivity contribution in [3.8, 4) is 0 Å². The Morgan fingerprint density at radius 2 is 1.19 bits per heavy atom. The van der Waals surface area contributed by atoms with Gasteiger partial charge in [-0.25, -0.2) is 4.79 Å². The minimum absolute atomic E-state index is 0.244. The normalized spacial score (nSPS) is 12.7. The van der Waals surface area contributed by atoms with Crippen molar-refractivity contribution in [1.82, 2.24) is 0 Å². The maximum atomic E-state index is 11.4. The number of quaternary nitrogens is 1. The molecule has 1 N–H and O–H groups in total. The molecule has 0 aromatic carbocycles. The molecule has 31 heavy (non-hydrogen) atoms. The zero-order valence-corrected chi connectivity index (χ0v) is 21.4. The second-order valence-corrected chi connectivity index (χ2v) is 9.99. The SMILES string of the molecule is C=C(C)C(=O)OCCC(O)[N+](C)(C)CCCCCCCCCCCCCCCCCC. The Morgan fingerprint density at radius 3 is 1.58 bits per heavy atom. The Kier molecular flexibility index (Phi) is 19.2. The number of aliphatic hydroxyl groups is 1. The van der Waals surface area contributed by atoms with Crippen molar-refractivity contribution in [2.75, 3.05) is 27.2 Å². The quantitative estimate of drug-likeness (QED) is 0.0639. The summed E-state index contributed by atoms with van der Waals surface area (Å²) in [5.74, 6) is -0.379. The highest BCUT2D eigenvalue weighted by molar-refractivity contribution is 5.86. The van der Waals surface area contributed by atoms with E-state index in [1.165, 1.54) is 96.3 Å². The summed E-state index contributed by atoms with van der Waals surface area (Å²) in [5.41, 5.74) is 0.399. The third-order valence-corrected chi connectivity index (χ3v) is 6.35. The highest BCUT2D eigenvalue weighted by Gasteiger charge is 2.25. The maximum Gasteiger partial charge on any atom is 0.333 e. The standard InChI is InChI=1S/C27H54NO3/c1-6-7-8-9-10-11-12-13-14-15-16-17-18-19-20-21-23-28(4,5)26(29)22-24-31-27(30)25(2)3/h26,29H,2,6-24H2,1,3-5H3/q+1. The molecule has 0 aromatic heterocycles. The second-order valence-electron chi connectivity index (χ2n) is 9.99. The van der Waals surface area contributed by atoms with Gasteiger partial charge in [-0.15, -0.1) is 0 Å². The number of nitrogens with zero attached hydrogens (tertiary/aromatic N) is 1. The molecule has 0 aliphatic carbocycles. The van der Waals surface area contributed by atoms with E-state index in [9.17, 15) is 9.90 Å². The van der Waals surface area contributed by atoms with E-state index < -0.39 is 6.23 Å². The molecule has 0 amide bonds. The lowest BCUT2D eigenvalue weighted by molar-refractivity contribution is -0.937. The van der Waals surface area contributed by atoms with Crippen LogP contribution in [0.15, 0.2) is 12.2 Å². The third kappa shape index (κ3) is 18.4. The Morgan fingerprint density at radius 1 is 0.806 bits per heavy atom. The largest absolute Gasteiger partial charge is 0.462 e. The highest BCUT2D eigenvalue weighted by atomic mass is 16.5. The van der Waals surface area contributed by atoms with Crippen LogP contribution < -0.4 is 0 Å². The number of hydrogen-bond donors (Lipinski definition) is 1. The first-order valence-corrected chi connectivity index (χ1v) is 13.1. The molecule has 0 fully saturated rings. The van der Waals surface area contributed by atoms with Gasteiger partial charge in [0, 0.05) is 5.57 Å². The molecule has 0 saturated heterocycles. The molecule has 0 aliphatic heterocycles. The monoisotopic (exact) mass is 440 g/mol. The van der Waals surface area contributed by atoms with Gasteiger partial charge in [0.05, 0.1) is 33.7 Å². The molecule has 0 aromatic rings. The van der Waals surface area contributed by atoms with Crippen LogP contribution in [-0.4, -0.2) is 49.0 Å². The second kappa shape index (κ2) is 19.8. The van der Waals surface area contributed by atoms with Crippen molar-refractivity contribution in [1.29, 1.82) is 0 Å². The van der Waals surface area contributed by atoms with E-state index in [0.717, 1.165) is 13.0 Å². The van der Waals surface area contributed by atoms with Crippen molar-refractivity contribution < 1.29 is 19.1 Å². The topological polar surface area (TPSA) is 46.5 Å². The summed E-state index contributed by atoms with van der Waals surface area (Å²) in [4.78, 5) is 11.4. The number of aliphatic hydroxyl groups excluding tert-OH is 1. The van der Waals surface area contributed by atoms with Gasteiger partial charge in [0.25, 0.3) is 0 Å². The van der Waals surface area contributed by atoms with Crippen molar-refractivity contribution in [2.24, 2.45) is 0 Å². The fourth-order valence-electron chi connectivity index (χ4n) is 3.95. The van der Waals surface area contributed by atoms with Gasteiger partial charge < -0.3 is 14.3 Å². The minimum atomic E-state index is -0.505. The van der Waals surface area contributed by atoms with E-state index >= 15 is 0 Å². The van der Waals surface area contributed by atoms with Gasteiger partial charge in [0.1, 0.15) is 0 Å². The van der Waals surface area contributed by atoms with E-state index in [2.05, 4.69) is 27.6 Å². The molecule has 0 aliphatic rings. The molecule has 1 atom stereocenters. The van der Waals surface area contributed by atoms with Crippen LogP contribution in [0.25, 0.3) is 0 Å². The van der Waals surface area contributed by atoms with Crippen LogP contribution in [0.1, 0.15) is 123 Å². The van der Waals surface area contributed by atoms with Gasteiger partial charge in [-0.1, -0.05) is 103 Å². The van der Waals surface area contributed by atoms with Crippen LogP contribution in [0.4, 0.5) is 0 Å². The van der Waals surface area contributed by atoms with Crippen LogP contribution in [-0.2, 0) is 9.53 Å². The van der Waals surface area contributed by atoms with Crippen LogP contribution >= 0.6 is 0 Å². The van der Waals surface area contributed by atoms with E-state index in [0.29, 0.717) is 16.5 Å². The Labute approximate surface area is 194 Å². The number of carbonyl (C=O) groups is 1. The average Bonchev–Trinajstić information content (AvgIpc) is 2.73. The molecular weight excluding hydrogens is 386 g/mol. The molecule has 4 heteroatoms. The van der Waals surface area contributed by atoms with Crippen LogP contribution in [0, 0.1) is 0 Å². The molecule has 0 heterocycles. The fourth-order valence-corrected chi connectivity index (χ4v) is 3.95. The molecule has 0 radical (unpaired) electrons. The molecule has 0 bridgehead atoms. The molecule has 0 rings (SSSR count). The lowest BCUT2D eigenvalue weighted by Crippen LogP contribution is -2.49. The van der Waals surface area contributed by atoms with Gasteiger partial charge in [-0.3, -0.25) is 0 Å². The average molecular weight is 441 g/mol. The van der Waals surface area contributed by atoms with Gasteiger partial charge in [0.2, 0.25) is 0 Å². The lowest BCUT2D eigenvalue weighted by atomic mass is 10.0. The number of ether oxygens (including phenoxy) is 1. The van der Waals surface area contributed by atoms with E-state index in [4.69, 9.17) is 4.74 Å². The zero-order valence-electron chi connectivity index (χ0n) is 21.4. The van der Waals surface area contributed by atoms with Crippen molar-refractivity contribution in [2.45, 2.75) is 129 Å². The summed E-state index contributed by atoms with van der Waals surface area (Å²) in [5, 5.41) is 10.4. The van der Waals surface area contributed by atoms with E-state index in [1.54, 1.807) is 6.92 Å². The first-order valence-electron chi connectivity index (χ1n) is 13.1. The minimum Gasteiger partial charge on any atom is -0.462 e. The fraction of sp³-hybridized carbons (Fsp3) is 0.889. The summed E-state index contributed by atoms with van der Waals surface area (Å²) < 4.78 is 5.65. The predicted molar refractivity (Wildman–Crippen MR) is 133 cm³/mol. The first-order chi connectivity index (χ1) is 14.8. The van der Waals surface area contributed by atoms with Crippen molar-refractivity contribution in [3.63, 3.8) is 0 Å². The Hall–Kier alpha value is -0.870. The van der Waals surface area contributed by atoms with E-state index in [-0.39, 0.29) is 12.6 Å². The molecule has 1 unspecified atom stereocenters. The van der Waals surface area contributed by atoms with Gasteiger partial charge >= 0.3 is 5.97 Å². The summed E-state index contributed by atoms with van der Waals surface area (Å²) >= 11 is 0. The number of carbonyl (C=O) groups excluding carboxylic acids is 1. The zero-order chi connectivity index (χ0) is 23.4. The van der Waals surface area contributed by atoms with E-state index in [1.807, 2.05) is 0 Å². The summed E-state index contributed by atoms with van der Waals surface area (Å²) in [6.45, 7) is 8.68.